The minimum Gasteiger partial charge on any atom is -0.311 e. The van der Waals surface area contributed by atoms with Crippen molar-refractivity contribution >= 4 is 12.4 Å². The smallest absolute Gasteiger partial charge is 0.0101 e. The van der Waals surface area contributed by atoms with E-state index in [9.17, 15) is 0 Å². The van der Waals surface area contributed by atoms with Gasteiger partial charge in [-0.15, -0.1) is 12.4 Å². The Morgan fingerprint density at radius 2 is 1.67 bits per heavy atom. The van der Waals surface area contributed by atoms with Crippen molar-refractivity contribution in [1.29, 1.82) is 0 Å². The van der Waals surface area contributed by atoms with E-state index in [2.05, 4.69) is 26.1 Å². The van der Waals surface area contributed by atoms with Gasteiger partial charge in [0.1, 0.15) is 0 Å². The number of halogens is 1. The lowest BCUT2D eigenvalue weighted by Gasteiger charge is -2.62. The van der Waals surface area contributed by atoms with Crippen molar-refractivity contribution in [2.45, 2.75) is 77.8 Å². The number of rotatable bonds is 2. The van der Waals surface area contributed by atoms with Crippen LogP contribution in [0.25, 0.3) is 0 Å². The number of fused-ring (bicyclic) bond motifs is 2. The van der Waals surface area contributed by atoms with E-state index >= 15 is 0 Å². The molecule has 0 saturated heterocycles. The third kappa shape index (κ3) is 2.33. The molecule has 0 radical (unpaired) electrons. The second kappa shape index (κ2) is 5.32. The Hall–Kier alpha value is 0.250. The van der Waals surface area contributed by atoms with Crippen molar-refractivity contribution in [2.75, 3.05) is 0 Å². The number of hydrogen-bond donors (Lipinski definition) is 1. The van der Waals surface area contributed by atoms with Crippen molar-refractivity contribution in [3.63, 3.8) is 0 Å². The molecule has 2 bridgehead atoms. The normalized spacial score (nSPS) is 42.8. The van der Waals surface area contributed by atoms with E-state index in [0.717, 1.165) is 29.8 Å². The second-order valence-electron chi connectivity index (χ2n) is 7.56. The fraction of sp³-hybridized carbons (Fsp3) is 1.00. The van der Waals surface area contributed by atoms with Gasteiger partial charge in [0.25, 0.3) is 0 Å². The zero-order valence-corrected chi connectivity index (χ0v) is 13.1. The van der Waals surface area contributed by atoms with Crippen LogP contribution in [0.15, 0.2) is 0 Å². The topological polar surface area (TPSA) is 12.0 Å². The summed E-state index contributed by atoms with van der Waals surface area (Å²) >= 11 is 0. The fourth-order valence-corrected chi connectivity index (χ4v) is 4.94. The molecule has 0 aromatic carbocycles. The summed E-state index contributed by atoms with van der Waals surface area (Å²) in [5, 5.41) is 4.01. The Balaban J connectivity index is 0.00000120. The molecule has 4 saturated carbocycles. The van der Waals surface area contributed by atoms with Crippen molar-refractivity contribution < 1.29 is 0 Å². The summed E-state index contributed by atoms with van der Waals surface area (Å²) in [6.45, 7) is 7.50. The van der Waals surface area contributed by atoms with Gasteiger partial charge >= 0.3 is 0 Å². The van der Waals surface area contributed by atoms with Gasteiger partial charge in [-0.25, -0.2) is 0 Å². The van der Waals surface area contributed by atoms with Gasteiger partial charge < -0.3 is 5.32 Å². The quantitative estimate of drug-likeness (QED) is 0.785. The molecule has 4 aliphatic carbocycles. The first-order valence-electron chi connectivity index (χ1n) is 7.85. The molecular weight excluding hydrogens is 242 g/mol. The monoisotopic (exact) mass is 271 g/mol. The summed E-state index contributed by atoms with van der Waals surface area (Å²) in [5.74, 6) is 2.89. The van der Waals surface area contributed by atoms with Gasteiger partial charge in [-0.3, -0.25) is 0 Å². The van der Waals surface area contributed by atoms with Crippen molar-refractivity contribution in [3.05, 3.63) is 0 Å². The van der Waals surface area contributed by atoms with Gasteiger partial charge in [0, 0.05) is 12.1 Å². The molecule has 4 atom stereocenters. The molecule has 0 heterocycles. The summed E-state index contributed by atoms with van der Waals surface area (Å²) in [6, 6.07) is 1.67. The Bertz CT molecular complexity index is 283. The van der Waals surface area contributed by atoms with Gasteiger partial charge in [0.2, 0.25) is 0 Å². The highest BCUT2D eigenvalue weighted by molar-refractivity contribution is 5.85. The maximum Gasteiger partial charge on any atom is 0.0101 e. The van der Waals surface area contributed by atoms with Crippen LogP contribution in [0.3, 0.4) is 0 Å². The van der Waals surface area contributed by atoms with Crippen LogP contribution in [-0.4, -0.2) is 12.1 Å². The van der Waals surface area contributed by atoms with Gasteiger partial charge in [-0.2, -0.15) is 0 Å². The van der Waals surface area contributed by atoms with Crippen LogP contribution in [-0.2, 0) is 0 Å². The zero-order chi connectivity index (χ0) is 12.0. The Labute approximate surface area is 119 Å². The van der Waals surface area contributed by atoms with Gasteiger partial charge in [0.05, 0.1) is 0 Å². The SMILES string of the molecule is C[C@@H]1[C@H]2C[C@@H](C[C@H]1NC1CCCCC1)C2(C)C.Cl. The molecule has 1 nitrogen and oxygen atoms in total. The summed E-state index contributed by atoms with van der Waals surface area (Å²) in [6.07, 6.45) is 10.2. The second-order valence-corrected chi connectivity index (χ2v) is 7.56. The molecule has 0 aromatic heterocycles. The maximum atomic E-state index is 4.01. The lowest BCUT2D eigenvalue weighted by atomic mass is 9.44. The average Bonchev–Trinajstić information content (AvgIpc) is 2.32. The molecule has 4 fully saturated rings. The molecular formula is C16H30ClN. The molecule has 0 aromatic rings. The Kier molecular flexibility index (Phi) is 4.33. The summed E-state index contributed by atoms with van der Waals surface area (Å²) in [7, 11) is 0. The van der Waals surface area contributed by atoms with E-state index in [4.69, 9.17) is 0 Å². The van der Waals surface area contributed by atoms with E-state index < -0.39 is 0 Å². The van der Waals surface area contributed by atoms with E-state index in [-0.39, 0.29) is 12.4 Å². The minimum absolute atomic E-state index is 0. The molecule has 0 unspecified atom stereocenters. The molecule has 106 valence electrons. The highest BCUT2D eigenvalue weighted by atomic mass is 35.5. The molecule has 4 aliphatic rings. The van der Waals surface area contributed by atoms with E-state index in [1.54, 1.807) is 0 Å². The van der Waals surface area contributed by atoms with E-state index in [1.165, 1.54) is 44.9 Å². The standard InChI is InChI=1S/C16H29N.ClH/c1-11-14-9-12(16(14,2)3)10-15(11)17-13-7-5-4-6-8-13;/h11-15,17H,4-10H2,1-3H3;1H/t11-,12+,14-,15-;/m1./s1. The first-order chi connectivity index (χ1) is 8.09. The number of nitrogens with one attached hydrogen (secondary N) is 1. The van der Waals surface area contributed by atoms with Crippen LogP contribution >= 0.6 is 12.4 Å². The molecule has 2 heteroatoms. The largest absolute Gasteiger partial charge is 0.311 e. The molecule has 0 aliphatic heterocycles. The van der Waals surface area contributed by atoms with Crippen LogP contribution < -0.4 is 5.32 Å². The van der Waals surface area contributed by atoms with Crippen molar-refractivity contribution in [1.82, 2.24) is 5.32 Å². The highest BCUT2D eigenvalue weighted by Gasteiger charge is 2.56. The van der Waals surface area contributed by atoms with Crippen LogP contribution in [0.4, 0.5) is 0 Å². The van der Waals surface area contributed by atoms with E-state index in [1.807, 2.05) is 0 Å². The average molecular weight is 272 g/mol. The minimum atomic E-state index is 0. The van der Waals surface area contributed by atoms with Crippen molar-refractivity contribution in [3.8, 4) is 0 Å². The summed E-state index contributed by atoms with van der Waals surface area (Å²) in [4.78, 5) is 0. The number of hydrogen-bond acceptors (Lipinski definition) is 1. The molecule has 0 spiro atoms. The van der Waals surface area contributed by atoms with Crippen molar-refractivity contribution in [2.24, 2.45) is 23.2 Å². The van der Waals surface area contributed by atoms with Crippen LogP contribution in [0.2, 0.25) is 0 Å². The Morgan fingerprint density at radius 1 is 1.00 bits per heavy atom. The van der Waals surface area contributed by atoms with Crippen LogP contribution in [0.5, 0.6) is 0 Å². The van der Waals surface area contributed by atoms with Crippen LogP contribution in [0.1, 0.15) is 65.7 Å². The highest BCUT2D eigenvalue weighted by Crippen LogP contribution is 2.61. The maximum absolute atomic E-state index is 4.01. The summed E-state index contributed by atoms with van der Waals surface area (Å²) < 4.78 is 0. The Morgan fingerprint density at radius 3 is 2.22 bits per heavy atom. The fourth-order valence-electron chi connectivity index (χ4n) is 4.94. The third-order valence-corrected chi connectivity index (χ3v) is 6.41. The molecule has 4 rings (SSSR count). The van der Waals surface area contributed by atoms with Gasteiger partial charge in [-0.05, 0) is 48.9 Å². The first kappa shape index (κ1) is 14.7. The van der Waals surface area contributed by atoms with Gasteiger partial charge in [0.15, 0.2) is 0 Å². The predicted molar refractivity (Wildman–Crippen MR) is 80.2 cm³/mol. The summed E-state index contributed by atoms with van der Waals surface area (Å²) in [5.41, 5.74) is 0.643. The molecule has 0 amide bonds. The lowest BCUT2D eigenvalue weighted by Crippen LogP contribution is -2.61. The van der Waals surface area contributed by atoms with E-state index in [0.29, 0.717) is 5.41 Å². The zero-order valence-electron chi connectivity index (χ0n) is 12.2. The molecule has 18 heavy (non-hydrogen) atoms. The van der Waals surface area contributed by atoms with Crippen LogP contribution in [0, 0.1) is 23.2 Å². The van der Waals surface area contributed by atoms with Gasteiger partial charge in [-0.1, -0.05) is 40.0 Å². The first-order valence-corrected chi connectivity index (χ1v) is 7.85. The molecule has 1 N–H and O–H groups in total. The lowest BCUT2D eigenvalue weighted by molar-refractivity contribution is -0.117. The third-order valence-electron chi connectivity index (χ3n) is 6.41. The predicted octanol–water partition coefficient (Wildman–Crippen LogP) is 4.40.